The number of para-hydroxylation sites is 1. The quantitative estimate of drug-likeness (QED) is 0.567. The van der Waals surface area contributed by atoms with E-state index < -0.39 is 27.0 Å². The van der Waals surface area contributed by atoms with Crippen LogP contribution in [0.2, 0.25) is 0 Å². The van der Waals surface area contributed by atoms with E-state index in [0.29, 0.717) is 0 Å². The van der Waals surface area contributed by atoms with Gasteiger partial charge in [0.15, 0.2) is 0 Å². The third-order valence-electron chi connectivity index (χ3n) is 1.34. The summed E-state index contributed by atoms with van der Waals surface area (Å²) in [5.41, 5.74) is -1.95. The monoisotopic (exact) mass is 227 g/mol. The molecule has 0 aliphatic rings. The second-order valence-corrected chi connectivity index (χ2v) is 2.35. The summed E-state index contributed by atoms with van der Waals surface area (Å²) in [7, 11) is 0. The summed E-state index contributed by atoms with van der Waals surface area (Å²) in [5, 5.41) is 27.7. The lowest BCUT2D eigenvalue weighted by molar-refractivity contribution is -0.424. The lowest BCUT2D eigenvalue weighted by Crippen LogP contribution is -1.98. The van der Waals surface area contributed by atoms with Crippen molar-refractivity contribution >= 4 is 11.4 Å². The normalized spacial score (nSPS) is 8.31. The van der Waals surface area contributed by atoms with E-state index in [-0.39, 0.29) is 0 Å². The molecular weight excluding hydrogens is 221 g/mol. The smallest absolute Gasteiger partial charge is 0.258 e. The van der Waals surface area contributed by atoms with Crippen LogP contribution in [-0.2, 0) is 0 Å². The van der Waals surface area contributed by atoms with Crippen molar-refractivity contribution in [3.05, 3.63) is 44.2 Å². The number of nitro benzene ring substituents is 2. The van der Waals surface area contributed by atoms with Crippen LogP contribution in [0.25, 0.3) is 0 Å². The summed E-state index contributed by atoms with van der Waals surface area (Å²) in [6, 6.07) is 4.47. The number of benzene rings is 1. The summed E-state index contributed by atoms with van der Waals surface area (Å²) >= 11 is 0. The van der Waals surface area contributed by atoms with E-state index >= 15 is 0 Å². The molecular formula is C8H6FN3O4. The molecule has 0 atom stereocenters. The van der Waals surface area contributed by atoms with Gasteiger partial charge in [-0.25, -0.2) is 0 Å². The molecule has 7 nitrogen and oxygen atoms in total. The van der Waals surface area contributed by atoms with Crippen LogP contribution in [0.4, 0.5) is 15.8 Å². The van der Waals surface area contributed by atoms with Crippen molar-refractivity contribution in [2.24, 2.45) is 0 Å². The van der Waals surface area contributed by atoms with Crippen molar-refractivity contribution in [1.82, 2.24) is 0 Å². The second kappa shape index (κ2) is 6.02. The van der Waals surface area contributed by atoms with Gasteiger partial charge in [-0.1, -0.05) is 6.07 Å². The first-order valence-corrected chi connectivity index (χ1v) is 3.83. The van der Waals surface area contributed by atoms with Crippen molar-refractivity contribution in [3.8, 4) is 6.07 Å². The fourth-order valence-electron chi connectivity index (χ4n) is 0.832. The highest BCUT2D eigenvalue weighted by Crippen LogP contribution is 2.28. The summed E-state index contributed by atoms with van der Waals surface area (Å²) in [5.74, 6) is -1.21. The van der Waals surface area contributed by atoms with Crippen LogP contribution >= 0.6 is 0 Å². The van der Waals surface area contributed by atoms with Gasteiger partial charge >= 0.3 is 11.4 Å². The number of rotatable bonds is 2. The van der Waals surface area contributed by atoms with Crippen molar-refractivity contribution in [3.63, 3.8) is 0 Å². The SMILES string of the molecule is CC#N.O=[N+]([O-])c1cccc(F)c1[N+](=O)[O-]. The molecule has 0 bridgehead atoms. The van der Waals surface area contributed by atoms with Crippen molar-refractivity contribution in [2.75, 3.05) is 0 Å². The Morgan fingerprint density at radius 2 is 1.81 bits per heavy atom. The van der Waals surface area contributed by atoms with Crippen LogP contribution in [0, 0.1) is 37.4 Å². The Balaban J connectivity index is 0.000000673. The minimum Gasteiger partial charge on any atom is -0.258 e. The number of hydrogen-bond acceptors (Lipinski definition) is 5. The Kier molecular flexibility index (Phi) is 5.06. The molecule has 0 aromatic heterocycles. The van der Waals surface area contributed by atoms with Gasteiger partial charge in [-0.3, -0.25) is 20.2 Å². The van der Waals surface area contributed by atoms with Gasteiger partial charge in [0.2, 0.25) is 5.82 Å². The molecule has 1 aromatic carbocycles. The standard InChI is InChI=1S/C6H3FN2O4.C2H3N/c7-4-2-1-3-5(8(10)11)6(4)9(12)13;1-2-3/h1-3H;1H3. The largest absolute Gasteiger partial charge is 0.381 e. The first kappa shape index (κ1) is 13.4. The maximum Gasteiger partial charge on any atom is 0.381 e. The van der Waals surface area contributed by atoms with Crippen LogP contribution in [-0.4, -0.2) is 9.85 Å². The minimum absolute atomic E-state index is 0.797. The molecule has 8 heteroatoms. The summed E-state index contributed by atoms with van der Waals surface area (Å²) in [4.78, 5) is 18.3. The molecule has 0 amide bonds. The van der Waals surface area contributed by atoms with E-state index in [1.54, 1.807) is 6.07 Å². The molecule has 1 rings (SSSR count). The van der Waals surface area contributed by atoms with Gasteiger partial charge < -0.3 is 0 Å². The third-order valence-corrected chi connectivity index (χ3v) is 1.34. The van der Waals surface area contributed by atoms with Crippen molar-refractivity contribution in [1.29, 1.82) is 5.26 Å². The minimum atomic E-state index is -1.21. The summed E-state index contributed by atoms with van der Waals surface area (Å²) in [6.45, 7) is 1.43. The zero-order chi connectivity index (χ0) is 12.7. The van der Waals surface area contributed by atoms with E-state index in [4.69, 9.17) is 5.26 Å². The number of nitriles is 1. The maximum atomic E-state index is 12.7. The van der Waals surface area contributed by atoms with Gasteiger partial charge in [0.25, 0.3) is 0 Å². The second-order valence-electron chi connectivity index (χ2n) is 2.35. The molecule has 0 spiro atoms. The van der Waals surface area contributed by atoms with Crippen LogP contribution < -0.4 is 0 Å². The predicted octanol–water partition coefficient (Wildman–Crippen LogP) is 2.17. The molecule has 0 aliphatic carbocycles. The first-order valence-electron chi connectivity index (χ1n) is 3.83. The van der Waals surface area contributed by atoms with Crippen molar-refractivity contribution < 1.29 is 14.2 Å². The topological polar surface area (TPSA) is 110 Å². The molecule has 0 saturated heterocycles. The van der Waals surface area contributed by atoms with Gasteiger partial charge in [-0.05, 0) is 6.07 Å². The summed E-state index contributed by atoms with van der Waals surface area (Å²) < 4.78 is 12.7. The average Bonchev–Trinajstić information content (AvgIpc) is 2.17. The molecule has 0 unspecified atom stereocenters. The lowest BCUT2D eigenvalue weighted by atomic mass is 10.2. The molecule has 0 radical (unpaired) electrons. The van der Waals surface area contributed by atoms with E-state index in [0.717, 1.165) is 18.2 Å². The third kappa shape index (κ3) is 3.30. The molecule has 0 saturated carbocycles. The van der Waals surface area contributed by atoms with Gasteiger partial charge in [0, 0.05) is 13.0 Å². The fraction of sp³-hybridized carbons (Fsp3) is 0.125. The first-order chi connectivity index (χ1) is 7.45. The highest BCUT2D eigenvalue weighted by molar-refractivity contribution is 5.52. The van der Waals surface area contributed by atoms with Gasteiger partial charge in [0.1, 0.15) is 0 Å². The Labute approximate surface area is 89.0 Å². The molecule has 16 heavy (non-hydrogen) atoms. The van der Waals surface area contributed by atoms with Crippen LogP contribution in [0.5, 0.6) is 0 Å². The van der Waals surface area contributed by atoms with E-state index in [1.807, 2.05) is 0 Å². The number of hydrogen-bond donors (Lipinski definition) is 0. The average molecular weight is 227 g/mol. The zero-order valence-corrected chi connectivity index (χ0v) is 8.08. The van der Waals surface area contributed by atoms with Crippen LogP contribution in [0.15, 0.2) is 18.2 Å². The molecule has 0 heterocycles. The van der Waals surface area contributed by atoms with E-state index in [2.05, 4.69) is 0 Å². The molecule has 84 valence electrons. The molecule has 0 N–H and O–H groups in total. The molecule has 1 aromatic rings. The Morgan fingerprint density at radius 3 is 2.12 bits per heavy atom. The van der Waals surface area contributed by atoms with Gasteiger partial charge in [0.05, 0.1) is 15.9 Å². The number of halogens is 1. The summed E-state index contributed by atoms with van der Waals surface area (Å²) in [6.07, 6.45) is 0. The van der Waals surface area contributed by atoms with Crippen molar-refractivity contribution in [2.45, 2.75) is 6.92 Å². The highest BCUT2D eigenvalue weighted by atomic mass is 19.1. The number of nitro groups is 2. The van der Waals surface area contributed by atoms with Crippen LogP contribution in [0.1, 0.15) is 6.92 Å². The molecule has 0 fully saturated rings. The highest BCUT2D eigenvalue weighted by Gasteiger charge is 2.28. The van der Waals surface area contributed by atoms with Crippen LogP contribution in [0.3, 0.4) is 0 Å². The Bertz CT molecular complexity index is 455. The van der Waals surface area contributed by atoms with E-state index in [1.165, 1.54) is 6.92 Å². The Morgan fingerprint density at radius 1 is 1.31 bits per heavy atom. The zero-order valence-electron chi connectivity index (χ0n) is 8.08. The lowest BCUT2D eigenvalue weighted by Gasteiger charge is -1.94. The van der Waals surface area contributed by atoms with Gasteiger partial charge in [-0.2, -0.15) is 9.65 Å². The molecule has 0 aliphatic heterocycles. The Hall–Kier alpha value is -2.56. The van der Waals surface area contributed by atoms with Gasteiger partial charge in [-0.15, -0.1) is 0 Å². The van der Waals surface area contributed by atoms with E-state index in [9.17, 15) is 24.6 Å². The number of nitrogens with zero attached hydrogens (tertiary/aromatic N) is 3. The predicted molar refractivity (Wildman–Crippen MR) is 51.0 cm³/mol. The maximum absolute atomic E-state index is 12.7. The fourth-order valence-corrected chi connectivity index (χ4v) is 0.832.